The number of hydrogen-bond acceptors (Lipinski definition) is 3. The van der Waals surface area contributed by atoms with E-state index < -0.39 is 17.9 Å². The molecule has 216 valence electrons. The molecule has 0 fully saturated rings. The van der Waals surface area contributed by atoms with Gasteiger partial charge in [-0.25, -0.2) is 0 Å². The number of carboxylic acids is 3. The molecular formula is C30H56NO6+. The molecule has 0 aromatic rings. The average molecular weight is 527 g/mol. The van der Waals surface area contributed by atoms with Crippen LogP contribution in [0.5, 0.6) is 0 Å². The molecule has 7 nitrogen and oxygen atoms in total. The Bertz CT molecular complexity index is 569. The number of rotatable bonds is 28. The van der Waals surface area contributed by atoms with Gasteiger partial charge in [0.2, 0.25) is 0 Å². The molecule has 0 unspecified atom stereocenters. The largest absolute Gasteiger partial charge is 0.481 e. The van der Waals surface area contributed by atoms with Crippen LogP contribution in [0.2, 0.25) is 0 Å². The molecule has 0 saturated heterocycles. The van der Waals surface area contributed by atoms with Crippen molar-refractivity contribution in [2.75, 3.05) is 26.2 Å². The van der Waals surface area contributed by atoms with Crippen molar-refractivity contribution >= 4 is 17.9 Å². The van der Waals surface area contributed by atoms with E-state index in [4.69, 9.17) is 15.3 Å². The standard InChI is InChI=1S/C30H55NO6/c1-2-3-4-5-6-7-8-9-10-11-12-13-14-15-16-17-24-31(25-18-21-28(32)33,26-19-22-29(34)35)27-20-23-30(36)37/h4-5H,2-3,6-27H2,1H3,(H2-,32,33,34,35,36,37)/p+1/b5-4+. The molecule has 0 spiro atoms. The third-order valence-electron chi connectivity index (χ3n) is 7.19. The van der Waals surface area contributed by atoms with Gasteiger partial charge >= 0.3 is 17.9 Å². The van der Waals surface area contributed by atoms with Crippen LogP contribution in [0.25, 0.3) is 0 Å². The zero-order chi connectivity index (χ0) is 27.6. The first-order valence-electron chi connectivity index (χ1n) is 15.0. The Morgan fingerprint density at radius 1 is 0.486 bits per heavy atom. The van der Waals surface area contributed by atoms with E-state index >= 15 is 0 Å². The molecule has 0 radical (unpaired) electrons. The highest BCUT2D eigenvalue weighted by atomic mass is 16.4. The minimum absolute atomic E-state index is 0.0911. The zero-order valence-electron chi connectivity index (χ0n) is 23.6. The maximum absolute atomic E-state index is 11.0. The molecule has 0 bridgehead atoms. The van der Waals surface area contributed by atoms with Crippen molar-refractivity contribution in [2.24, 2.45) is 0 Å². The third-order valence-corrected chi connectivity index (χ3v) is 7.19. The molecule has 0 saturated carbocycles. The van der Waals surface area contributed by atoms with Crippen LogP contribution in [0.3, 0.4) is 0 Å². The van der Waals surface area contributed by atoms with E-state index in [1.54, 1.807) is 0 Å². The molecule has 0 atom stereocenters. The zero-order valence-corrected chi connectivity index (χ0v) is 23.6. The third kappa shape index (κ3) is 24.2. The summed E-state index contributed by atoms with van der Waals surface area (Å²) < 4.78 is 0.641. The van der Waals surface area contributed by atoms with Crippen LogP contribution < -0.4 is 0 Å². The summed E-state index contributed by atoms with van der Waals surface area (Å²) in [5.74, 6) is -2.48. The van der Waals surface area contributed by atoms with Crippen LogP contribution in [-0.4, -0.2) is 63.9 Å². The number of unbranched alkanes of at least 4 members (excludes halogenated alkanes) is 12. The molecule has 0 aliphatic rings. The highest BCUT2D eigenvalue weighted by molar-refractivity contribution is 5.67. The lowest BCUT2D eigenvalue weighted by molar-refractivity contribution is -0.929. The maximum Gasteiger partial charge on any atom is 0.303 e. The van der Waals surface area contributed by atoms with Crippen LogP contribution in [0, 0.1) is 0 Å². The minimum atomic E-state index is -0.825. The monoisotopic (exact) mass is 526 g/mol. The molecular weight excluding hydrogens is 470 g/mol. The van der Waals surface area contributed by atoms with Gasteiger partial charge < -0.3 is 19.8 Å². The fraction of sp³-hybridized carbons (Fsp3) is 0.833. The second kappa shape index (κ2) is 24.4. The van der Waals surface area contributed by atoms with Crippen molar-refractivity contribution in [3.63, 3.8) is 0 Å². The van der Waals surface area contributed by atoms with Crippen LogP contribution in [0.1, 0.15) is 135 Å². The first-order valence-corrected chi connectivity index (χ1v) is 15.0. The maximum atomic E-state index is 11.0. The quantitative estimate of drug-likeness (QED) is 0.0555. The van der Waals surface area contributed by atoms with Gasteiger partial charge in [-0.1, -0.05) is 76.9 Å². The summed E-state index contributed by atoms with van der Waals surface area (Å²) in [5.41, 5.74) is 0. The van der Waals surface area contributed by atoms with E-state index in [2.05, 4.69) is 19.1 Å². The van der Waals surface area contributed by atoms with Crippen molar-refractivity contribution in [3.05, 3.63) is 12.2 Å². The molecule has 0 aromatic carbocycles. The number of carboxylic acid groups (broad SMARTS) is 3. The Balaban J connectivity index is 4.26. The molecule has 3 N–H and O–H groups in total. The van der Waals surface area contributed by atoms with E-state index in [0.29, 0.717) is 43.4 Å². The van der Waals surface area contributed by atoms with Gasteiger partial charge in [0.05, 0.1) is 45.4 Å². The molecule has 0 rings (SSSR count). The molecule has 0 aliphatic heterocycles. The van der Waals surface area contributed by atoms with E-state index in [-0.39, 0.29) is 19.3 Å². The smallest absolute Gasteiger partial charge is 0.303 e. The predicted octanol–water partition coefficient (Wildman–Crippen LogP) is 7.44. The Morgan fingerprint density at radius 2 is 0.811 bits per heavy atom. The summed E-state index contributed by atoms with van der Waals surface area (Å²) in [6, 6.07) is 0. The Kier molecular flexibility index (Phi) is 23.2. The van der Waals surface area contributed by atoms with Gasteiger partial charge in [-0.3, -0.25) is 14.4 Å². The average Bonchev–Trinajstić information content (AvgIpc) is 2.83. The lowest BCUT2D eigenvalue weighted by atomic mass is 10.0. The predicted molar refractivity (Wildman–Crippen MR) is 150 cm³/mol. The van der Waals surface area contributed by atoms with E-state index in [9.17, 15) is 14.4 Å². The molecule has 37 heavy (non-hydrogen) atoms. The molecule has 0 heterocycles. The lowest BCUT2D eigenvalue weighted by Gasteiger charge is -2.39. The van der Waals surface area contributed by atoms with Gasteiger partial charge in [0, 0.05) is 19.3 Å². The SMILES string of the molecule is CCC/C=C/CCCCCCCCCCCCC[N+](CCCC(=O)O)(CCCC(=O)O)CCCC(=O)O. The number of allylic oxidation sites excluding steroid dienone is 2. The fourth-order valence-corrected chi connectivity index (χ4v) is 5.07. The topological polar surface area (TPSA) is 112 Å². The van der Waals surface area contributed by atoms with Crippen molar-refractivity contribution in [1.29, 1.82) is 0 Å². The number of carbonyl (C=O) groups is 3. The minimum Gasteiger partial charge on any atom is -0.481 e. The molecule has 0 amide bonds. The van der Waals surface area contributed by atoms with Crippen LogP contribution in [0.4, 0.5) is 0 Å². The van der Waals surface area contributed by atoms with Crippen LogP contribution in [0.15, 0.2) is 12.2 Å². The van der Waals surface area contributed by atoms with Crippen molar-refractivity contribution in [1.82, 2.24) is 0 Å². The molecule has 7 heteroatoms. The van der Waals surface area contributed by atoms with Crippen LogP contribution >= 0.6 is 0 Å². The summed E-state index contributed by atoms with van der Waals surface area (Å²) in [6.45, 7) is 5.08. The van der Waals surface area contributed by atoms with Gasteiger partial charge in [0.1, 0.15) is 0 Å². The highest BCUT2D eigenvalue weighted by Crippen LogP contribution is 2.19. The number of aliphatic carboxylic acids is 3. The summed E-state index contributed by atoms with van der Waals surface area (Å²) in [6.07, 6.45) is 23.9. The van der Waals surface area contributed by atoms with E-state index in [1.807, 2.05) is 0 Å². The first-order chi connectivity index (χ1) is 17.8. The Morgan fingerprint density at radius 3 is 1.19 bits per heavy atom. The second-order valence-electron chi connectivity index (χ2n) is 10.7. The fourth-order valence-electron chi connectivity index (χ4n) is 5.07. The van der Waals surface area contributed by atoms with Crippen molar-refractivity contribution in [2.45, 2.75) is 135 Å². The van der Waals surface area contributed by atoms with Gasteiger partial charge in [-0.05, 0) is 32.1 Å². The number of nitrogens with zero attached hydrogens (tertiary/aromatic N) is 1. The van der Waals surface area contributed by atoms with Gasteiger partial charge in [0.15, 0.2) is 0 Å². The van der Waals surface area contributed by atoms with Gasteiger partial charge in [-0.15, -0.1) is 0 Å². The Labute approximate surface area is 225 Å². The van der Waals surface area contributed by atoms with E-state index in [0.717, 1.165) is 19.4 Å². The van der Waals surface area contributed by atoms with Gasteiger partial charge in [-0.2, -0.15) is 0 Å². The molecule has 0 aliphatic carbocycles. The Hall–Kier alpha value is -1.89. The summed E-state index contributed by atoms with van der Waals surface area (Å²) in [7, 11) is 0. The number of hydrogen-bond donors (Lipinski definition) is 3. The summed E-state index contributed by atoms with van der Waals surface area (Å²) >= 11 is 0. The van der Waals surface area contributed by atoms with Gasteiger partial charge in [0.25, 0.3) is 0 Å². The lowest BCUT2D eigenvalue weighted by Crippen LogP contribution is -2.51. The summed E-state index contributed by atoms with van der Waals surface area (Å²) in [5, 5.41) is 27.2. The summed E-state index contributed by atoms with van der Waals surface area (Å²) in [4.78, 5) is 33.1. The highest BCUT2D eigenvalue weighted by Gasteiger charge is 2.27. The molecule has 0 aromatic heterocycles. The van der Waals surface area contributed by atoms with Crippen molar-refractivity contribution in [3.8, 4) is 0 Å². The van der Waals surface area contributed by atoms with Crippen molar-refractivity contribution < 1.29 is 34.2 Å². The van der Waals surface area contributed by atoms with Crippen LogP contribution in [-0.2, 0) is 14.4 Å². The second-order valence-corrected chi connectivity index (χ2v) is 10.7. The number of quaternary nitrogens is 1. The first kappa shape index (κ1) is 35.1. The van der Waals surface area contributed by atoms with E-state index in [1.165, 1.54) is 77.0 Å². The normalized spacial score (nSPS) is 11.8.